The summed E-state index contributed by atoms with van der Waals surface area (Å²) in [5, 5.41) is 11.7. The van der Waals surface area contributed by atoms with Gasteiger partial charge in [-0.15, -0.1) is 0 Å². The van der Waals surface area contributed by atoms with E-state index in [0.29, 0.717) is 19.4 Å². The van der Waals surface area contributed by atoms with Crippen molar-refractivity contribution in [1.29, 1.82) is 0 Å². The summed E-state index contributed by atoms with van der Waals surface area (Å²) >= 11 is 0.898. The molecule has 0 aromatic heterocycles. The SMILES string of the molecule is C[C@@H](CCCN=C(N)N[N+](=O)[O-])C(=O)NCC(=O)SCC(=O)N1CCCc2ccccc21. The maximum Gasteiger partial charge on any atom is 0.251 e. The van der Waals surface area contributed by atoms with Gasteiger partial charge in [0.05, 0.1) is 12.3 Å². The van der Waals surface area contributed by atoms with Crippen LogP contribution in [0.4, 0.5) is 5.69 Å². The molecule has 1 aromatic rings. The number of aryl methyl sites for hydroxylation is 1. The second kappa shape index (κ2) is 12.6. The van der Waals surface area contributed by atoms with Gasteiger partial charge in [0, 0.05) is 24.7 Å². The molecule has 0 bridgehead atoms. The molecule has 4 N–H and O–H groups in total. The lowest BCUT2D eigenvalue weighted by atomic mass is 10.0. The first-order valence-corrected chi connectivity index (χ1v) is 11.3. The lowest BCUT2D eigenvalue weighted by molar-refractivity contribution is -0.525. The third-order valence-corrected chi connectivity index (χ3v) is 5.76. The Balaban J connectivity index is 1.66. The van der Waals surface area contributed by atoms with E-state index in [9.17, 15) is 24.5 Å². The monoisotopic (exact) mass is 464 g/mol. The number of nitrogens with two attached hydrogens (primary N) is 1. The summed E-state index contributed by atoms with van der Waals surface area (Å²) in [5.74, 6) is -1.04. The van der Waals surface area contributed by atoms with E-state index < -0.39 is 5.03 Å². The number of nitrogens with zero attached hydrogens (tertiary/aromatic N) is 3. The number of para-hydroxylation sites is 1. The zero-order valence-electron chi connectivity index (χ0n) is 17.9. The van der Waals surface area contributed by atoms with E-state index in [1.54, 1.807) is 17.2 Å². The first-order chi connectivity index (χ1) is 15.3. The van der Waals surface area contributed by atoms with Gasteiger partial charge in [-0.25, -0.2) is 15.1 Å². The van der Waals surface area contributed by atoms with Gasteiger partial charge in [0.25, 0.3) is 5.96 Å². The van der Waals surface area contributed by atoms with E-state index >= 15 is 0 Å². The number of hydrazine groups is 1. The van der Waals surface area contributed by atoms with Crippen LogP contribution in [0.15, 0.2) is 29.3 Å². The molecule has 0 fully saturated rings. The van der Waals surface area contributed by atoms with Crippen molar-refractivity contribution in [3.8, 4) is 0 Å². The highest BCUT2D eigenvalue weighted by Crippen LogP contribution is 2.27. The number of carbonyl (C=O) groups is 3. The molecule has 2 amide bonds. The number of anilines is 1. The molecule has 11 nitrogen and oxygen atoms in total. The molecular weight excluding hydrogens is 436 g/mol. The fourth-order valence-corrected chi connectivity index (χ4v) is 3.87. The number of aliphatic imine (C=N–C) groups is 1. The lowest BCUT2D eigenvalue weighted by Crippen LogP contribution is -2.37. The first kappa shape index (κ1) is 25.1. The first-order valence-electron chi connectivity index (χ1n) is 10.3. The Morgan fingerprint density at radius 1 is 1.34 bits per heavy atom. The fourth-order valence-electron chi connectivity index (χ4n) is 3.25. The number of thioether (sulfide) groups is 1. The molecule has 12 heteroatoms. The van der Waals surface area contributed by atoms with Gasteiger partial charge >= 0.3 is 0 Å². The predicted octanol–water partition coefficient (Wildman–Crippen LogP) is 0.854. The molecule has 0 spiro atoms. The van der Waals surface area contributed by atoms with Crippen LogP contribution in [0.25, 0.3) is 0 Å². The van der Waals surface area contributed by atoms with Gasteiger partial charge in [-0.2, -0.15) is 0 Å². The molecule has 1 aromatic carbocycles. The minimum absolute atomic E-state index is 0.0240. The van der Waals surface area contributed by atoms with Crippen molar-refractivity contribution in [1.82, 2.24) is 10.7 Å². The lowest BCUT2D eigenvalue weighted by Gasteiger charge is -2.29. The minimum atomic E-state index is -0.803. The van der Waals surface area contributed by atoms with E-state index in [-0.39, 0.29) is 47.6 Å². The smallest absolute Gasteiger partial charge is 0.251 e. The number of hydrogen-bond acceptors (Lipinski definition) is 7. The van der Waals surface area contributed by atoms with Crippen molar-refractivity contribution in [2.75, 3.05) is 30.3 Å². The van der Waals surface area contributed by atoms with Crippen LogP contribution >= 0.6 is 11.8 Å². The van der Waals surface area contributed by atoms with Gasteiger partial charge in [0.1, 0.15) is 0 Å². The average Bonchev–Trinajstić information content (AvgIpc) is 2.77. The third kappa shape index (κ3) is 8.17. The number of hydrogen-bond donors (Lipinski definition) is 3. The van der Waals surface area contributed by atoms with Gasteiger partial charge in [-0.3, -0.25) is 14.4 Å². The van der Waals surface area contributed by atoms with Crippen LogP contribution in [0.1, 0.15) is 31.7 Å². The highest BCUT2D eigenvalue weighted by molar-refractivity contribution is 8.14. The van der Waals surface area contributed by atoms with Crippen molar-refractivity contribution in [2.24, 2.45) is 16.6 Å². The molecule has 1 aliphatic heterocycles. The predicted molar refractivity (Wildman–Crippen MR) is 123 cm³/mol. The molecule has 0 saturated heterocycles. The molecule has 1 heterocycles. The van der Waals surface area contributed by atoms with Crippen LogP contribution in [0.5, 0.6) is 0 Å². The van der Waals surface area contributed by atoms with E-state index in [1.807, 2.05) is 24.3 Å². The number of carbonyl (C=O) groups excluding carboxylic acids is 3. The summed E-state index contributed by atoms with van der Waals surface area (Å²) in [7, 11) is 0. The van der Waals surface area contributed by atoms with Gasteiger partial charge in [-0.05, 0) is 37.3 Å². The topological polar surface area (TPSA) is 160 Å². The largest absolute Gasteiger partial charge is 0.365 e. The van der Waals surface area contributed by atoms with Crippen molar-refractivity contribution in [2.45, 2.75) is 32.6 Å². The molecule has 1 aliphatic rings. The normalized spacial score (nSPS) is 14.3. The summed E-state index contributed by atoms with van der Waals surface area (Å²) < 4.78 is 0. The Kier molecular flexibility index (Phi) is 9.92. The van der Waals surface area contributed by atoms with Gasteiger partial charge in [0.2, 0.25) is 16.9 Å². The van der Waals surface area contributed by atoms with Crippen LogP contribution < -0.4 is 21.4 Å². The number of benzene rings is 1. The maximum atomic E-state index is 12.6. The van der Waals surface area contributed by atoms with E-state index in [1.165, 1.54) is 0 Å². The Bertz CT molecular complexity index is 878. The van der Waals surface area contributed by atoms with Crippen LogP contribution in [0.3, 0.4) is 0 Å². The zero-order chi connectivity index (χ0) is 23.5. The maximum absolute atomic E-state index is 12.6. The number of guanidine groups is 1. The number of amides is 2. The van der Waals surface area contributed by atoms with Crippen LogP contribution in [0.2, 0.25) is 0 Å². The molecule has 32 heavy (non-hydrogen) atoms. The molecular formula is C20H28N6O5S. The fraction of sp³-hybridized carbons (Fsp3) is 0.500. The standard InChI is InChI=1S/C20H28N6O5S/c1-14(6-4-10-22-20(21)24-26(30)31)19(29)23-12-18(28)32-13-17(27)25-11-5-8-15-7-2-3-9-16(15)25/h2-3,7,9,14H,4-6,8,10-13H2,1H3,(H,23,29)(H3,21,22,24)/t14-/m0/s1. The zero-order valence-corrected chi connectivity index (χ0v) is 18.7. The van der Waals surface area contributed by atoms with Crippen molar-refractivity contribution in [3.05, 3.63) is 39.9 Å². The summed E-state index contributed by atoms with van der Waals surface area (Å²) in [6.07, 6.45) is 2.81. The molecule has 1 atom stereocenters. The van der Waals surface area contributed by atoms with Gasteiger partial charge in [0.15, 0.2) is 5.03 Å². The summed E-state index contributed by atoms with van der Waals surface area (Å²) in [6, 6.07) is 7.77. The van der Waals surface area contributed by atoms with Crippen LogP contribution in [0, 0.1) is 16.0 Å². The van der Waals surface area contributed by atoms with E-state index in [4.69, 9.17) is 5.73 Å². The number of nitrogens with one attached hydrogen (secondary N) is 2. The highest BCUT2D eigenvalue weighted by atomic mass is 32.2. The van der Waals surface area contributed by atoms with Crippen molar-refractivity contribution >= 4 is 40.3 Å². The van der Waals surface area contributed by atoms with Crippen molar-refractivity contribution in [3.63, 3.8) is 0 Å². The van der Waals surface area contributed by atoms with Crippen LogP contribution in [-0.2, 0) is 20.8 Å². The molecule has 0 radical (unpaired) electrons. The molecule has 174 valence electrons. The highest BCUT2D eigenvalue weighted by Gasteiger charge is 2.23. The van der Waals surface area contributed by atoms with Gasteiger partial charge in [-0.1, -0.05) is 42.3 Å². The molecule has 0 aliphatic carbocycles. The second-order valence-corrected chi connectivity index (χ2v) is 8.37. The average molecular weight is 465 g/mol. The molecule has 2 rings (SSSR count). The van der Waals surface area contributed by atoms with E-state index in [2.05, 4.69) is 10.3 Å². The molecule has 0 saturated carbocycles. The number of rotatable bonds is 10. The van der Waals surface area contributed by atoms with Crippen LogP contribution in [-0.4, -0.2) is 53.3 Å². The van der Waals surface area contributed by atoms with E-state index in [0.717, 1.165) is 35.9 Å². The summed E-state index contributed by atoms with van der Waals surface area (Å²) in [4.78, 5) is 52.5. The molecule has 0 unspecified atom stereocenters. The number of fused-ring (bicyclic) bond motifs is 1. The Labute approximate surface area is 190 Å². The Hall–Kier alpha value is -3.15. The minimum Gasteiger partial charge on any atom is -0.365 e. The van der Waals surface area contributed by atoms with Crippen molar-refractivity contribution < 1.29 is 19.4 Å². The Morgan fingerprint density at radius 2 is 2.09 bits per heavy atom. The number of nitro groups is 1. The second-order valence-electron chi connectivity index (χ2n) is 7.34. The third-order valence-electron chi connectivity index (χ3n) is 4.91. The van der Waals surface area contributed by atoms with Gasteiger partial charge < -0.3 is 16.0 Å². The quantitative estimate of drug-likeness (QED) is 0.151. The summed E-state index contributed by atoms with van der Waals surface area (Å²) in [6.45, 7) is 2.43. The summed E-state index contributed by atoms with van der Waals surface area (Å²) in [5.41, 5.74) is 9.07. The Morgan fingerprint density at radius 3 is 2.84 bits per heavy atom.